The molecule has 178 valence electrons. The zero-order valence-corrected chi connectivity index (χ0v) is 19.7. The number of hydrogen-bond acceptors (Lipinski definition) is 6. The molecule has 4 rings (SSSR count). The van der Waals surface area contributed by atoms with Crippen molar-refractivity contribution in [2.24, 2.45) is 5.92 Å². The summed E-state index contributed by atoms with van der Waals surface area (Å²) in [6.07, 6.45) is 4.13. The highest BCUT2D eigenvalue weighted by Crippen LogP contribution is 2.29. The number of amides is 1. The van der Waals surface area contributed by atoms with Gasteiger partial charge in [0.2, 0.25) is 5.88 Å². The molecule has 34 heavy (non-hydrogen) atoms. The third-order valence-corrected chi connectivity index (χ3v) is 6.66. The Morgan fingerprint density at radius 2 is 1.74 bits per heavy atom. The van der Waals surface area contributed by atoms with Crippen molar-refractivity contribution >= 4 is 21.6 Å². The van der Waals surface area contributed by atoms with Crippen LogP contribution >= 0.6 is 0 Å². The van der Waals surface area contributed by atoms with Gasteiger partial charge in [0.15, 0.2) is 0 Å². The minimum absolute atomic E-state index is 0.121. The molecule has 0 aliphatic heterocycles. The normalized spacial score (nSPS) is 13.2. The Balaban J connectivity index is 1.29. The highest BCUT2D eigenvalue weighted by atomic mass is 32.2. The van der Waals surface area contributed by atoms with Crippen LogP contribution in [0.2, 0.25) is 0 Å². The summed E-state index contributed by atoms with van der Waals surface area (Å²) in [4.78, 5) is 16.9. The minimum atomic E-state index is -3.76. The summed E-state index contributed by atoms with van der Waals surface area (Å²) >= 11 is 0. The van der Waals surface area contributed by atoms with Crippen LogP contribution in [0.25, 0.3) is 0 Å². The molecule has 2 aromatic carbocycles. The summed E-state index contributed by atoms with van der Waals surface area (Å²) in [6, 6.07) is 16.1. The first-order valence-electron chi connectivity index (χ1n) is 11.1. The van der Waals surface area contributed by atoms with Crippen LogP contribution < -0.4 is 19.5 Å². The molecule has 0 bridgehead atoms. The van der Waals surface area contributed by atoms with Crippen LogP contribution in [0.3, 0.4) is 0 Å². The van der Waals surface area contributed by atoms with E-state index in [4.69, 9.17) is 9.47 Å². The lowest BCUT2D eigenvalue weighted by Crippen LogP contribution is -2.22. The van der Waals surface area contributed by atoms with Crippen molar-refractivity contribution in [1.29, 1.82) is 0 Å². The van der Waals surface area contributed by atoms with E-state index >= 15 is 0 Å². The van der Waals surface area contributed by atoms with E-state index in [9.17, 15) is 13.2 Å². The monoisotopic (exact) mass is 481 g/mol. The van der Waals surface area contributed by atoms with Gasteiger partial charge in [0, 0.05) is 30.1 Å². The van der Waals surface area contributed by atoms with Crippen molar-refractivity contribution < 1.29 is 22.7 Å². The van der Waals surface area contributed by atoms with E-state index in [2.05, 4.69) is 15.0 Å². The third-order valence-electron chi connectivity index (χ3n) is 5.26. The van der Waals surface area contributed by atoms with Crippen molar-refractivity contribution in [3.05, 3.63) is 78.0 Å². The van der Waals surface area contributed by atoms with E-state index < -0.39 is 10.0 Å². The summed E-state index contributed by atoms with van der Waals surface area (Å²) in [6.45, 7) is 3.38. The van der Waals surface area contributed by atoms with Crippen LogP contribution in [0.4, 0.5) is 5.69 Å². The molecule has 8 nitrogen and oxygen atoms in total. The smallest absolute Gasteiger partial charge is 0.261 e. The number of sulfonamides is 1. The van der Waals surface area contributed by atoms with E-state index in [1.54, 1.807) is 48.7 Å². The Kier molecular flexibility index (Phi) is 7.32. The summed E-state index contributed by atoms with van der Waals surface area (Å²) in [5.74, 6) is 1.58. The van der Waals surface area contributed by atoms with Gasteiger partial charge in [-0.2, -0.15) is 0 Å². The molecule has 9 heteroatoms. The summed E-state index contributed by atoms with van der Waals surface area (Å²) in [7, 11) is -3.76. The van der Waals surface area contributed by atoms with Gasteiger partial charge in [-0.25, -0.2) is 13.4 Å². The lowest BCUT2D eigenvalue weighted by atomic mass is 10.2. The molecule has 2 N–H and O–H groups in total. The second-order valence-corrected chi connectivity index (χ2v) is 9.71. The number of aromatic nitrogens is 1. The van der Waals surface area contributed by atoms with E-state index in [1.807, 2.05) is 13.0 Å². The Labute approximate surface area is 199 Å². The van der Waals surface area contributed by atoms with Crippen molar-refractivity contribution in [1.82, 2.24) is 10.3 Å². The molecule has 3 aromatic rings. The first-order chi connectivity index (χ1) is 16.4. The number of hydrogen-bond donors (Lipinski definition) is 2. The lowest BCUT2D eigenvalue weighted by Gasteiger charge is -2.10. The molecule has 0 unspecified atom stereocenters. The van der Waals surface area contributed by atoms with E-state index in [0.717, 1.165) is 5.56 Å². The molecule has 1 aliphatic carbocycles. The molecular weight excluding hydrogens is 454 g/mol. The molecule has 1 aromatic heterocycles. The molecule has 0 saturated heterocycles. The molecule has 1 heterocycles. The van der Waals surface area contributed by atoms with Gasteiger partial charge in [0.1, 0.15) is 5.75 Å². The maximum Gasteiger partial charge on any atom is 0.261 e. The summed E-state index contributed by atoms with van der Waals surface area (Å²) < 4.78 is 38.7. The maximum absolute atomic E-state index is 12.6. The summed E-state index contributed by atoms with van der Waals surface area (Å²) in [5.41, 5.74) is 1.63. The Bertz CT molecular complexity index is 1210. The molecule has 1 fully saturated rings. The van der Waals surface area contributed by atoms with Gasteiger partial charge in [-0.05, 0) is 79.8 Å². The third kappa shape index (κ3) is 6.48. The maximum atomic E-state index is 12.6. The van der Waals surface area contributed by atoms with Crippen LogP contribution in [0.1, 0.15) is 35.7 Å². The minimum Gasteiger partial charge on any atom is -0.494 e. The van der Waals surface area contributed by atoms with Crippen molar-refractivity contribution in [3.63, 3.8) is 0 Å². The zero-order valence-electron chi connectivity index (χ0n) is 18.9. The Morgan fingerprint density at radius 3 is 2.35 bits per heavy atom. The lowest BCUT2D eigenvalue weighted by molar-refractivity contribution is 0.0951. The van der Waals surface area contributed by atoms with Gasteiger partial charge in [-0.1, -0.05) is 6.07 Å². The van der Waals surface area contributed by atoms with Crippen molar-refractivity contribution in [3.8, 4) is 11.6 Å². The van der Waals surface area contributed by atoms with Gasteiger partial charge < -0.3 is 14.8 Å². The van der Waals surface area contributed by atoms with Gasteiger partial charge in [0.25, 0.3) is 15.9 Å². The fourth-order valence-electron chi connectivity index (χ4n) is 3.16. The van der Waals surface area contributed by atoms with Crippen molar-refractivity contribution in [2.45, 2.75) is 31.2 Å². The standard InChI is InChI=1S/C25H27N3O5S/c1-2-32-22-10-12-23(13-11-22)34(30,31)28-21-8-6-20(7-9-21)25(29)27-16-19-5-14-24(26-15-19)33-17-18-3-4-18/h5-15,18,28H,2-4,16-17H2,1H3,(H,27,29). The number of nitrogens with one attached hydrogen (secondary N) is 2. The predicted molar refractivity (Wildman–Crippen MR) is 128 cm³/mol. The van der Waals surface area contributed by atoms with Crippen molar-refractivity contribution in [2.75, 3.05) is 17.9 Å². The van der Waals surface area contributed by atoms with Gasteiger partial charge in [0.05, 0.1) is 18.1 Å². The fourth-order valence-corrected chi connectivity index (χ4v) is 4.22. The highest BCUT2D eigenvalue weighted by molar-refractivity contribution is 7.92. The van der Waals surface area contributed by atoms with Crippen LogP contribution in [-0.2, 0) is 16.6 Å². The number of nitrogens with zero attached hydrogens (tertiary/aromatic N) is 1. The largest absolute Gasteiger partial charge is 0.494 e. The topological polar surface area (TPSA) is 107 Å². The van der Waals surface area contributed by atoms with Crippen LogP contribution in [-0.4, -0.2) is 32.5 Å². The SMILES string of the molecule is CCOc1ccc(S(=O)(=O)Nc2ccc(C(=O)NCc3ccc(OCC4CC4)nc3)cc2)cc1. The quantitative estimate of drug-likeness (QED) is 0.429. The summed E-state index contributed by atoms with van der Waals surface area (Å²) in [5, 5.41) is 2.83. The first-order valence-corrected chi connectivity index (χ1v) is 12.6. The fraction of sp³-hybridized carbons (Fsp3) is 0.280. The van der Waals surface area contributed by atoms with Gasteiger partial charge in [-0.3, -0.25) is 9.52 Å². The van der Waals surface area contributed by atoms with Gasteiger partial charge in [-0.15, -0.1) is 0 Å². The van der Waals surface area contributed by atoms with Crippen LogP contribution in [0, 0.1) is 5.92 Å². The van der Waals surface area contributed by atoms with Gasteiger partial charge >= 0.3 is 0 Å². The number of rotatable bonds is 11. The molecule has 0 spiro atoms. The van der Waals surface area contributed by atoms with Crippen LogP contribution in [0.5, 0.6) is 11.6 Å². The molecule has 1 aliphatic rings. The predicted octanol–water partition coefficient (Wildman–Crippen LogP) is 4.00. The van der Waals surface area contributed by atoms with E-state index in [-0.39, 0.29) is 10.8 Å². The molecule has 0 atom stereocenters. The molecule has 1 amide bonds. The second kappa shape index (κ2) is 10.6. The van der Waals surface area contributed by atoms with E-state index in [0.29, 0.717) is 48.6 Å². The number of benzene rings is 2. The Hall–Kier alpha value is -3.59. The molecule has 1 saturated carbocycles. The second-order valence-electron chi connectivity index (χ2n) is 8.03. The number of pyridine rings is 1. The number of carbonyl (C=O) groups is 1. The number of ether oxygens (including phenoxy) is 2. The van der Waals surface area contributed by atoms with Crippen LogP contribution in [0.15, 0.2) is 71.8 Å². The average molecular weight is 482 g/mol. The average Bonchev–Trinajstić information content (AvgIpc) is 3.67. The number of carbonyl (C=O) groups excluding carboxylic acids is 1. The first kappa shape index (κ1) is 23.6. The Morgan fingerprint density at radius 1 is 1.00 bits per heavy atom. The zero-order chi connectivity index (χ0) is 24.0. The highest BCUT2D eigenvalue weighted by Gasteiger charge is 2.22. The number of anilines is 1. The van der Waals surface area contributed by atoms with E-state index in [1.165, 1.54) is 25.0 Å². The molecule has 0 radical (unpaired) electrons. The molecular formula is C25H27N3O5S.